The summed E-state index contributed by atoms with van der Waals surface area (Å²) >= 11 is 2.33. The Bertz CT molecular complexity index is 390. The number of hydrogen-bond donors (Lipinski definition) is 0. The van der Waals surface area contributed by atoms with E-state index in [0.29, 0.717) is 0 Å². The van der Waals surface area contributed by atoms with Crippen LogP contribution in [-0.2, 0) is 4.43 Å². The van der Waals surface area contributed by atoms with Gasteiger partial charge in [-0.2, -0.15) is 0 Å². The molecule has 0 radical (unpaired) electrons. The lowest BCUT2D eigenvalue weighted by atomic mass is 9.81. The fourth-order valence-corrected chi connectivity index (χ4v) is 3.31. The SMILES string of the molecule is C=C(I)CCC1(CO[Si](C)(C)C(C)(C)C)C=CCC=C1. The molecule has 0 atom stereocenters. The third-order valence-electron chi connectivity index (χ3n) is 4.54. The monoisotopic (exact) mass is 404 g/mol. The van der Waals surface area contributed by atoms with Crippen molar-refractivity contribution in [3.63, 3.8) is 0 Å². The summed E-state index contributed by atoms with van der Waals surface area (Å²) in [6.07, 6.45) is 12.4. The predicted octanol–water partition coefficient (Wildman–Crippen LogP) is 6.24. The molecule has 0 saturated carbocycles. The van der Waals surface area contributed by atoms with Gasteiger partial charge in [-0.25, -0.2) is 0 Å². The van der Waals surface area contributed by atoms with Crippen LogP contribution in [0.15, 0.2) is 34.5 Å². The Hall–Kier alpha value is 0.127. The summed E-state index contributed by atoms with van der Waals surface area (Å²) in [5.74, 6) is 0. The van der Waals surface area contributed by atoms with Gasteiger partial charge in [0.2, 0.25) is 0 Å². The van der Waals surface area contributed by atoms with Gasteiger partial charge in [0.15, 0.2) is 8.32 Å². The lowest BCUT2D eigenvalue weighted by Gasteiger charge is -2.40. The number of hydrogen-bond acceptors (Lipinski definition) is 1. The van der Waals surface area contributed by atoms with Gasteiger partial charge in [0.1, 0.15) is 0 Å². The van der Waals surface area contributed by atoms with Gasteiger partial charge in [-0.15, -0.1) is 0 Å². The first-order chi connectivity index (χ1) is 9.08. The van der Waals surface area contributed by atoms with Crippen molar-refractivity contribution in [1.29, 1.82) is 0 Å². The molecular weight excluding hydrogens is 375 g/mol. The fraction of sp³-hybridized carbons (Fsp3) is 0.647. The maximum Gasteiger partial charge on any atom is 0.192 e. The van der Waals surface area contributed by atoms with Crippen molar-refractivity contribution in [1.82, 2.24) is 0 Å². The number of halogens is 1. The Labute approximate surface area is 139 Å². The molecule has 1 aliphatic rings. The Balaban J connectivity index is 2.76. The van der Waals surface area contributed by atoms with Crippen molar-refractivity contribution in [2.45, 2.75) is 58.2 Å². The summed E-state index contributed by atoms with van der Waals surface area (Å²) in [5, 5.41) is 0.267. The van der Waals surface area contributed by atoms with Gasteiger partial charge in [-0.1, -0.05) is 51.7 Å². The zero-order valence-corrected chi connectivity index (χ0v) is 16.8. The standard InChI is InChI=1S/C17H29IOSi/c1-15(18)10-13-17(11-8-7-9-12-17)14-19-20(5,6)16(2,3)4/h8-9,11-12H,1,7,10,13-14H2,2-6H3. The second kappa shape index (κ2) is 6.92. The zero-order chi connectivity index (χ0) is 15.4. The molecule has 1 nitrogen and oxygen atoms in total. The summed E-state index contributed by atoms with van der Waals surface area (Å²) in [5.41, 5.74) is 0.0713. The fourth-order valence-electron chi connectivity index (χ4n) is 1.97. The summed E-state index contributed by atoms with van der Waals surface area (Å²) in [6, 6.07) is 0. The molecule has 0 aromatic heterocycles. The first kappa shape index (κ1) is 18.2. The van der Waals surface area contributed by atoms with Crippen LogP contribution in [-0.4, -0.2) is 14.9 Å². The summed E-state index contributed by atoms with van der Waals surface area (Å²) in [4.78, 5) is 0. The molecule has 0 aliphatic heterocycles. The highest BCUT2D eigenvalue weighted by Gasteiger charge is 2.39. The molecule has 0 aromatic rings. The quantitative estimate of drug-likeness (QED) is 0.289. The summed E-state index contributed by atoms with van der Waals surface area (Å²) < 4.78 is 7.70. The highest BCUT2D eigenvalue weighted by atomic mass is 127. The second-order valence-corrected chi connectivity index (χ2v) is 13.7. The molecule has 0 saturated heterocycles. The molecule has 3 heteroatoms. The van der Waals surface area contributed by atoms with E-state index in [0.717, 1.165) is 25.9 Å². The summed E-state index contributed by atoms with van der Waals surface area (Å²) in [6.45, 7) is 16.4. The van der Waals surface area contributed by atoms with Gasteiger partial charge in [0.25, 0.3) is 0 Å². The summed E-state index contributed by atoms with van der Waals surface area (Å²) in [7, 11) is -1.68. The van der Waals surface area contributed by atoms with Crippen LogP contribution in [0.5, 0.6) is 0 Å². The second-order valence-electron chi connectivity index (χ2n) is 7.34. The highest BCUT2D eigenvalue weighted by Crippen LogP contribution is 2.40. The van der Waals surface area contributed by atoms with Crippen molar-refractivity contribution >= 4 is 30.9 Å². The normalized spacial score (nSPS) is 18.3. The van der Waals surface area contributed by atoms with E-state index in [-0.39, 0.29) is 10.5 Å². The maximum absolute atomic E-state index is 6.47. The van der Waals surface area contributed by atoms with Crippen molar-refractivity contribution in [2.75, 3.05) is 6.61 Å². The van der Waals surface area contributed by atoms with Crippen LogP contribution >= 0.6 is 22.6 Å². The van der Waals surface area contributed by atoms with Crippen LogP contribution in [0.3, 0.4) is 0 Å². The average Bonchev–Trinajstić information content (AvgIpc) is 2.34. The van der Waals surface area contributed by atoms with E-state index in [2.05, 4.69) is 87.3 Å². The lowest BCUT2D eigenvalue weighted by molar-refractivity contribution is 0.200. The van der Waals surface area contributed by atoms with Crippen LogP contribution < -0.4 is 0 Å². The van der Waals surface area contributed by atoms with E-state index in [1.165, 1.54) is 3.58 Å². The number of rotatable bonds is 6. The third kappa shape index (κ3) is 5.15. The molecule has 1 aliphatic carbocycles. The Kier molecular flexibility index (Phi) is 6.29. The highest BCUT2D eigenvalue weighted by molar-refractivity contribution is 14.1. The minimum atomic E-state index is -1.68. The van der Waals surface area contributed by atoms with Crippen LogP contribution in [0, 0.1) is 5.41 Å². The molecule has 114 valence electrons. The van der Waals surface area contributed by atoms with Gasteiger partial charge < -0.3 is 4.43 Å². The van der Waals surface area contributed by atoms with E-state index < -0.39 is 8.32 Å². The molecule has 0 heterocycles. The molecule has 20 heavy (non-hydrogen) atoms. The van der Waals surface area contributed by atoms with Crippen LogP contribution in [0.4, 0.5) is 0 Å². The van der Waals surface area contributed by atoms with Gasteiger partial charge in [0, 0.05) is 12.0 Å². The molecule has 0 spiro atoms. The van der Waals surface area contributed by atoms with Gasteiger partial charge in [0.05, 0.1) is 0 Å². The largest absolute Gasteiger partial charge is 0.416 e. The molecule has 0 N–H and O–H groups in total. The third-order valence-corrected chi connectivity index (χ3v) is 9.56. The van der Waals surface area contributed by atoms with Crippen molar-refractivity contribution < 1.29 is 4.43 Å². The van der Waals surface area contributed by atoms with E-state index in [9.17, 15) is 0 Å². The zero-order valence-electron chi connectivity index (χ0n) is 13.6. The van der Waals surface area contributed by atoms with Gasteiger partial charge >= 0.3 is 0 Å². The minimum Gasteiger partial charge on any atom is -0.416 e. The van der Waals surface area contributed by atoms with Gasteiger partial charge in [-0.05, 0) is 63.6 Å². The maximum atomic E-state index is 6.47. The van der Waals surface area contributed by atoms with Gasteiger partial charge in [-0.3, -0.25) is 0 Å². The molecule has 0 amide bonds. The molecule has 0 unspecified atom stereocenters. The smallest absolute Gasteiger partial charge is 0.192 e. The van der Waals surface area contributed by atoms with Crippen molar-refractivity contribution in [3.8, 4) is 0 Å². The molecule has 0 fully saturated rings. The van der Waals surface area contributed by atoms with Crippen LogP contribution in [0.2, 0.25) is 18.1 Å². The molecule has 0 bridgehead atoms. The number of allylic oxidation sites excluding steroid dienone is 3. The first-order valence-corrected chi connectivity index (χ1v) is 11.4. The Morgan fingerprint density at radius 3 is 2.30 bits per heavy atom. The average molecular weight is 404 g/mol. The van der Waals surface area contributed by atoms with Crippen LogP contribution in [0.25, 0.3) is 0 Å². The minimum absolute atomic E-state index is 0.0713. The van der Waals surface area contributed by atoms with E-state index in [1.807, 2.05) is 0 Å². The van der Waals surface area contributed by atoms with Crippen LogP contribution in [0.1, 0.15) is 40.0 Å². The van der Waals surface area contributed by atoms with Crippen molar-refractivity contribution in [2.24, 2.45) is 5.41 Å². The van der Waals surface area contributed by atoms with E-state index in [4.69, 9.17) is 4.43 Å². The van der Waals surface area contributed by atoms with Crippen molar-refractivity contribution in [3.05, 3.63) is 34.5 Å². The molecular formula is C17H29IOSi. The Morgan fingerprint density at radius 1 is 1.30 bits per heavy atom. The lowest BCUT2D eigenvalue weighted by Crippen LogP contribution is -2.43. The molecule has 0 aromatic carbocycles. The molecule has 1 rings (SSSR count). The van der Waals surface area contributed by atoms with E-state index >= 15 is 0 Å². The predicted molar refractivity (Wildman–Crippen MR) is 101 cm³/mol. The van der Waals surface area contributed by atoms with E-state index in [1.54, 1.807) is 0 Å². The topological polar surface area (TPSA) is 9.23 Å². The Morgan fingerprint density at radius 2 is 1.85 bits per heavy atom. The first-order valence-electron chi connectivity index (χ1n) is 7.41.